The summed E-state index contributed by atoms with van der Waals surface area (Å²) in [6.07, 6.45) is 3.66. The molecule has 0 radical (unpaired) electrons. The molecule has 0 bridgehead atoms. The Bertz CT molecular complexity index is 981. The second-order valence-electron chi connectivity index (χ2n) is 7.41. The SMILES string of the molecule is CCc1cccc(CC)c1NC(=O)N1CCN(c2cccc3cccnc23)CC1. The molecule has 2 aromatic carbocycles. The topological polar surface area (TPSA) is 48.5 Å². The lowest BCUT2D eigenvalue weighted by Crippen LogP contribution is -2.50. The number of amides is 2. The van der Waals surface area contributed by atoms with Crippen LogP contribution in [-0.2, 0) is 12.8 Å². The summed E-state index contributed by atoms with van der Waals surface area (Å²) in [6, 6.07) is 16.6. The van der Waals surface area contributed by atoms with Crippen molar-refractivity contribution in [2.45, 2.75) is 26.7 Å². The van der Waals surface area contributed by atoms with Gasteiger partial charge in [-0.25, -0.2) is 4.79 Å². The molecule has 1 aromatic heterocycles. The number of pyridine rings is 1. The first kappa shape index (κ1) is 19.2. The minimum Gasteiger partial charge on any atom is -0.366 e. The van der Waals surface area contributed by atoms with E-state index >= 15 is 0 Å². The zero-order valence-electron chi connectivity index (χ0n) is 17.2. The fourth-order valence-corrected chi connectivity index (χ4v) is 4.08. The van der Waals surface area contributed by atoms with Gasteiger partial charge in [0.25, 0.3) is 0 Å². The smallest absolute Gasteiger partial charge is 0.321 e. The standard InChI is InChI=1S/C24H28N4O/c1-3-18-8-5-9-19(4-2)22(18)26-24(29)28-16-14-27(15-17-28)21-12-6-10-20-11-7-13-25-23(20)21/h5-13H,3-4,14-17H2,1-2H3,(H,26,29). The van der Waals surface area contributed by atoms with E-state index in [0.29, 0.717) is 13.1 Å². The van der Waals surface area contributed by atoms with Crippen LogP contribution in [0.25, 0.3) is 10.9 Å². The van der Waals surface area contributed by atoms with Gasteiger partial charge >= 0.3 is 6.03 Å². The summed E-state index contributed by atoms with van der Waals surface area (Å²) in [6.45, 7) is 7.26. The van der Waals surface area contributed by atoms with Crippen LogP contribution in [-0.4, -0.2) is 42.1 Å². The maximum atomic E-state index is 12.9. The van der Waals surface area contributed by atoms with Crippen molar-refractivity contribution >= 4 is 28.3 Å². The second kappa shape index (κ2) is 8.52. The van der Waals surface area contributed by atoms with Gasteiger partial charge in [0.1, 0.15) is 0 Å². The van der Waals surface area contributed by atoms with Crippen LogP contribution in [0.15, 0.2) is 54.7 Å². The Morgan fingerprint density at radius 1 is 0.931 bits per heavy atom. The summed E-state index contributed by atoms with van der Waals surface area (Å²) in [5.74, 6) is 0. The zero-order chi connectivity index (χ0) is 20.2. The van der Waals surface area contributed by atoms with Gasteiger partial charge in [-0.2, -0.15) is 0 Å². The number of urea groups is 1. The average molecular weight is 389 g/mol. The summed E-state index contributed by atoms with van der Waals surface area (Å²) >= 11 is 0. The van der Waals surface area contributed by atoms with Crippen molar-refractivity contribution in [3.8, 4) is 0 Å². The van der Waals surface area contributed by atoms with Crippen LogP contribution in [0.2, 0.25) is 0 Å². The van der Waals surface area contributed by atoms with Gasteiger partial charge in [-0.1, -0.05) is 50.2 Å². The van der Waals surface area contributed by atoms with Crippen LogP contribution in [0, 0.1) is 0 Å². The number of para-hydroxylation sites is 2. The highest BCUT2D eigenvalue weighted by Crippen LogP contribution is 2.26. The molecule has 1 fully saturated rings. The molecular formula is C24H28N4O. The molecule has 1 saturated heterocycles. The van der Waals surface area contributed by atoms with E-state index in [2.05, 4.69) is 71.5 Å². The summed E-state index contributed by atoms with van der Waals surface area (Å²) in [5, 5.41) is 4.34. The molecule has 5 nitrogen and oxygen atoms in total. The summed E-state index contributed by atoms with van der Waals surface area (Å²) in [5.41, 5.74) is 5.55. The first-order valence-corrected chi connectivity index (χ1v) is 10.5. The van der Waals surface area contributed by atoms with Crippen molar-refractivity contribution in [2.24, 2.45) is 0 Å². The summed E-state index contributed by atoms with van der Waals surface area (Å²) in [7, 11) is 0. The van der Waals surface area contributed by atoms with Crippen molar-refractivity contribution < 1.29 is 4.79 Å². The molecular weight excluding hydrogens is 360 g/mol. The molecule has 5 heteroatoms. The molecule has 0 aliphatic carbocycles. The summed E-state index contributed by atoms with van der Waals surface area (Å²) in [4.78, 5) is 21.8. The molecule has 2 amide bonds. The molecule has 2 heterocycles. The number of carbonyl (C=O) groups is 1. The number of fused-ring (bicyclic) bond motifs is 1. The molecule has 29 heavy (non-hydrogen) atoms. The summed E-state index contributed by atoms with van der Waals surface area (Å²) < 4.78 is 0. The highest BCUT2D eigenvalue weighted by molar-refractivity contribution is 5.92. The molecule has 150 valence electrons. The third kappa shape index (κ3) is 3.90. The molecule has 0 saturated carbocycles. The van der Waals surface area contributed by atoms with Crippen LogP contribution in [0.5, 0.6) is 0 Å². The predicted octanol–water partition coefficient (Wildman–Crippen LogP) is 4.71. The number of benzene rings is 2. The number of anilines is 2. The van der Waals surface area contributed by atoms with Crippen molar-refractivity contribution in [1.29, 1.82) is 0 Å². The Labute approximate surface area is 172 Å². The molecule has 1 aliphatic rings. The Kier molecular flexibility index (Phi) is 5.65. The number of aryl methyl sites for hydroxylation is 2. The zero-order valence-corrected chi connectivity index (χ0v) is 17.2. The van der Waals surface area contributed by atoms with Crippen molar-refractivity contribution in [3.05, 3.63) is 65.9 Å². The third-order valence-electron chi connectivity index (χ3n) is 5.75. The third-order valence-corrected chi connectivity index (χ3v) is 5.75. The van der Waals surface area contributed by atoms with Crippen LogP contribution in [0.4, 0.5) is 16.2 Å². The van der Waals surface area contributed by atoms with Crippen LogP contribution >= 0.6 is 0 Å². The van der Waals surface area contributed by atoms with Crippen LogP contribution < -0.4 is 10.2 Å². The van der Waals surface area contributed by atoms with E-state index in [1.54, 1.807) is 0 Å². The van der Waals surface area contributed by atoms with Gasteiger partial charge in [0.05, 0.1) is 11.2 Å². The number of piperazine rings is 1. The van der Waals surface area contributed by atoms with E-state index < -0.39 is 0 Å². The van der Waals surface area contributed by atoms with Gasteiger partial charge < -0.3 is 15.1 Å². The molecule has 0 unspecified atom stereocenters. The fourth-order valence-electron chi connectivity index (χ4n) is 4.08. The Morgan fingerprint density at radius 3 is 2.28 bits per heavy atom. The van der Waals surface area contributed by atoms with Gasteiger partial charge in [-0.15, -0.1) is 0 Å². The van der Waals surface area contributed by atoms with Crippen LogP contribution in [0.1, 0.15) is 25.0 Å². The number of hydrogen-bond donors (Lipinski definition) is 1. The average Bonchev–Trinajstić information content (AvgIpc) is 2.79. The van der Waals surface area contributed by atoms with Gasteiger partial charge in [0.15, 0.2) is 0 Å². The van der Waals surface area contributed by atoms with E-state index in [9.17, 15) is 4.79 Å². The lowest BCUT2D eigenvalue weighted by Gasteiger charge is -2.36. The second-order valence-corrected chi connectivity index (χ2v) is 7.41. The van der Waals surface area contributed by atoms with Crippen LogP contribution in [0.3, 0.4) is 0 Å². The van der Waals surface area contributed by atoms with Gasteiger partial charge in [0, 0.05) is 43.4 Å². The molecule has 0 atom stereocenters. The largest absolute Gasteiger partial charge is 0.366 e. The van der Waals surface area contributed by atoms with E-state index in [1.807, 2.05) is 17.2 Å². The van der Waals surface area contributed by atoms with E-state index in [-0.39, 0.29) is 6.03 Å². The minimum atomic E-state index is -0.00343. The molecule has 0 spiro atoms. The van der Waals surface area contributed by atoms with Gasteiger partial charge in [-0.05, 0) is 36.1 Å². The minimum absolute atomic E-state index is 0.00343. The fraction of sp³-hybridized carbons (Fsp3) is 0.333. The normalized spacial score (nSPS) is 14.3. The highest BCUT2D eigenvalue weighted by atomic mass is 16.2. The lowest BCUT2D eigenvalue weighted by atomic mass is 10.0. The highest BCUT2D eigenvalue weighted by Gasteiger charge is 2.23. The van der Waals surface area contributed by atoms with Crippen molar-refractivity contribution in [2.75, 3.05) is 36.4 Å². The number of carbonyl (C=O) groups excluding carboxylic acids is 1. The number of nitrogens with one attached hydrogen (secondary N) is 1. The number of aromatic nitrogens is 1. The van der Waals surface area contributed by atoms with E-state index in [4.69, 9.17) is 0 Å². The first-order valence-electron chi connectivity index (χ1n) is 10.5. The molecule has 1 aliphatic heterocycles. The van der Waals surface area contributed by atoms with Crippen molar-refractivity contribution in [1.82, 2.24) is 9.88 Å². The Balaban J connectivity index is 1.46. The molecule has 4 rings (SSSR count). The first-order chi connectivity index (χ1) is 14.2. The predicted molar refractivity (Wildman–Crippen MR) is 120 cm³/mol. The molecule has 3 aromatic rings. The van der Waals surface area contributed by atoms with E-state index in [0.717, 1.165) is 48.2 Å². The maximum Gasteiger partial charge on any atom is 0.321 e. The number of nitrogens with zero attached hydrogens (tertiary/aromatic N) is 3. The Hall–Kier alpha value is -3.08. The van der Waals surface area contributed by atoms with Gasteiger partial charge in [-0.3, -0.25) is 4.98 Å². The number of hydrogen-bond acceptors (Lipinski definition) is 3. The van der Waals surface area contributed by atoms with Crippen molar-refractivity contribution in [3.63, 3.8) is 0 Å². The monoisotopic (exact) mass is 388 g/mol. The van der Waals surface area contributed by atoms with Gasteiger partial charge in [0.2, 0.25) is 0 Å². The lowest BCUT2D eigenvalue weighted by molar-refractivity contribution is 0.208. The maximum absolute atomic E-state index is 12.9. The quantitative estimate of drug-likeness (QED) is 0.704. The van der Waals surface area contributed by atoms with E-state index in [1.165, 1.54) is 11.1 Å². The number of rotatable bonds is 4. The Morgan fingerprint density at radius 2 is 1.59 bits per heavy atom. The molecule has 1 N–H and O–H groups in total.